The van der Waals surface area contributed by atoms with Crippen molar-refractivity contribution in [1.82, 2.24) is 0 Å². The highest BCUT2D eigenvalue weighted by molar-refractivity contribution is 6.04. The van der Waals surface area contributed by atoms with Gasteiger partial charge >= 0.3 is 0 Å². The van der Waals surface area contributed by atoms with Gasteiger partial charge in [0, 0.05) is 5.41 Å². The molecule has 0 heteroatoms. The standard InChI is InChI=1S/C29H36/c1-19(2)14-16-29(17-15-20(3)4)26-9-7-8-23-22(6)11-13-25(28(23)26)24-12-10-21(5)18-27(24)29/h7-13,18-20H,14-17H2,1-6H3. The van der Waals surface area contributed by atoms with Gasteiger partial charge in [-0.25, -0.2) is 0 Å². The summed E-state index contributed by atoms with van der Waals surface area (Å²) in [6.45, 7) is 14.0. The Labute approximate surface area is 177 Å². The lowest BCUT2D eigenvalue weighted by Crippen LogP contribution is -2.32. The second kappa shape index (κ2) is 7.63. The fraction of sp³-hybridized carbons (Fsp3) is 0.448. The van der Waals surface area contributed by atoms with E-state index in [0.717, 1.165) is 11.8 Å². The Hall–Kier alpha value is -2.08. The molecule has 0 heterocycles. The minimum absolute atomic E-state index is 0.121. The molecule has 0 unspecified atom stereocenters. The van der Waals surface area contributed by atoms with Crippen LogP contribution in [0.25, 0.3) is 21.9 Å². The molecule has 0 spiro atoms. The zero-order valence-corrected chi connectivity index (χ0v) is 19.1. The lowest BCUT2D eigenvalue weighted by molar-refractivity contribution is 0.359. The van der Waals surface area contributed by atoms with E-state index in [1.165, 1.54) is 58.7 Å². The van der Waals surface area contributed by atoms with E-state index in [4.69, 9.17) is 0 Å². The average molecular weight is 385 g/mol. The maximum atomic E-state index is 2.50. The molecule has 0 atom stereocenters. The summed E-state index contributed by atoms with van der Waals surface area (Å²) in [5.41, 5.74) is 8.94. The van der Waals surface area contributed by atoms with E-state index in [2.05, 4.69) is 90.1 Å². The second-order valence-electron chi connectivity index (χ2n) is 10.2. The van der Waals surface area contributed by atoms with Gasteiger partial charge in [-0.3, -0.25) is 0 Å². The van der Waals surface area contributed by atoms with Gasteiger partial charge in [-0.05, 0) is 90.0 Å². The molecule has 1 aliphatic carbocycles. The molecule has 0 nitrogen and oxygen atoms in total. The molecule has 152 valence electrons. The smallest absolute Gasteiger partial charge is 0.0215 e. The van der Waals surface area contributed by atoms with Gasteiger partial charge in [0.25, 0.3) is 0 Å². The highest BCUT2D eigenvalue weighted by Gasteiger charge is 2.40. The van der Waals surface area contributed by atoms with Crippen molar-refractivity contribution in [3.05, 3.63) is 70.8 Å². The molecule has 0 bridgehead atoms. The van der Waals surface area contributed by atoms with Crippen molar-refractivity contribution in [2.75, 3.05) is 0 Å². The van der Waals surface area contributed by atoms with Gasteiger partial charge in [-0.15, -0.1) is 0 Å². The Bertz CT molecular complexity index is 1020. The topological polar surface area (TPSA) is 0 Å². The first-order valence-corrected chi connectivity index (χ1v) is 11.5. The molecule has 0 saturated carbocycles. The maximum absolute atomic E-state index is 2.50. The Kier molecular flexibility index (Phi) is 5.32. The van der Waals surface area contributed by atoms with E-state index in [1.54, 1.807) is 11.1 Å². The van der Waals surface area contributed by atoms with E-state index in [-0.39, 0.29) is 5.41 Å². The van der Waals surface area contributed by atoms with Crippen LogP contribution in [-0.2, 0) is 5.41 Å². The van der Waals surface area contributed by atoms with Crippen LogP contribution >= 0.6 is 0 Å². The number of rotatable bonds is 6. The van der Waals surface area contributed by atoms with Crippen LogP contribution in [0.4, 0.5) is 0 Å². The van der Waals surface area contributed by atoms with Crippen molar-refractivity contribution in [3.63, 3.8) is 0 Å². The van der Waals surface area contributed by atoms with Gasteiger partial charge < -0.3 is 0 Å². The first-order chi connectivity index (χ1) is 13.8. The van der Waals surface area contributed by atoms with Gasteiger partial charge in [0.1, 0.15) is 0 Å². The van der Waals surface area contributed by atoms with Crippen LogP contribution in [0.1, 0.15) is 75.6 Å². The summed E-state index contributed by atoms with van der Waals surface area (Å²) in [5.74, 6) is 1.44. The molecule has 0 fully saturated rings. The van der Waals surface area contributed by atoms with Crippen LogP contribution in [-0.4, -0.2) is 0 Å². The summed E-state index contributed by atoms with van der Waals surface area (Å²) in [7, 11) is 0. The Morgan fingerprint density at radius 2 is 1.38 bits per heavy atom. The quantitative estimate of drug-likeness (QED) is 0.399. The predicted octanol–water partition coefficient (Wildman–Crippen LogP) is 8.60. The fourth-order valence-electron chi connectivity index (χ4n) is 5.34. The predicted molar refractivity (Wildman–Crippen MR) is 128 cm³/mol. The molecule has 0 N–H and O–H groups in total. The second-order valence-corrected chi connectivity index (χ2v) is 10.2. The lowest BCUT2D eigenvalue weighted by atomic mass is 9.61. The molecule has 0 amide bonds. The zero-order valence-electron chi connectivity index (χ0n) is 19.1. The molecule has 0 aliphatic heterocycles. The number of fused-ring (bicyclic) bond motifs is 2. The Morgan fingerprint density at radius 3 is 2.03 bits per heavy atom. The number of benzene rings is 3. The molecule has 0 radical (unpaired) electrons. The monoisotopic (exact) mass is 384 g/mol. The van der Waals surface area contributed by atoms with Crippen molar-refractivity contribution in [1.29, 1.82) is 0 Å². The molecule has 4 rings (SSSR count). The van der Waals surface area contributed by atoms with E-state index in [9.17, 15) is 0 Å². The SMILES string of the molecule is Cc1ccc2c(c1)C(CCC(C)C)(CCC(C)C)c1cccc3c(C)ccc-2c13. The highest BCUT2D eigenvalue weighted by atomic mass is 14.4. The summed E-state index contributed by atoms with van der Waals surface area (Å²) in [6, 6.07) is 18.9. The average Bonchev–Trinajstić information content (AvgIpc) is 2.68. The van der Waals surface area contributed by atoms with Crippen LogP contribution in [0.2, 0.25) is 0 Å². The van der Waals surface area contributed by atoms with Crippen LogP contribution in [0, 0.1) is 25.7 Å². The third kappa shape index (κ3) is 3.41. The minimum atomic E-state index is 0.121. The summed E-state index contributed by atoms with van der Waals surface area (Å²) in [6.07, 6.45) is 5.01. The van der Waals surface area contributed by atoms with Crippen molar-refractivity contribution in [2.24, 2.45) is 11.8 Å². The third-order valence-corrected chi connectivity index (χ3v) is 7.05. The third-order valence-electron chi connectivity index (χ3n) is 7.05. The van der Waals surface area contributed by atoms with Gasteiger partial charge in [-0.2, -0.15) is 0 Å². The summed E-state index contributed by atoms with van der Waals surface area (Å²) >= 11 is 0. The first kappa shape index (κ1) is 20.2. The van der Waals surface area contributed by atoms with Crippen LogP contribution in [0.3, 0.4) is 0 Å². The molecule has 3 aromatic rings. The molecule has 1 aliphatic rings. The van der Waals surface area contributed by atoms with Crippen molar-refractivity contribution in [3.8, 4) is 11.1 Å². The van der Waals surface area contributed by atoms with Gasteiger partial charge in [0.05, 0.1) is 0 Å². The van der Waals surface area contributed by atoms with E-state index < -0.39 is 0 Å². The molecule has 3 aromatic carbocycles. The number of hydrogen-bond acceptors (Lipinski definition) is 0. The van der Waals surface area contributed by atoms with E-state index in [0.29, 0.717) is 0 Å². The highest BCUT2D eigenvalue weighted by Crippen LogP contribution is 2.54. The number of aryl methyl sites for hydroxylation is 2. The van der Waals surface area contributed by atoms with Crippen LogP contribution in [0.15, 0.2) is 48.5 Å². The fourth-order valence-corrected chi connectivity index (χ4v) is 5.34. The van der Waals surface area contributed by atoms with Crippen LogP contribution < -0.4 is 0 Å². The van der Waals surface area contributed by atoms with Gasteiger partial charge in [0.2, 0.25) is 0 Å². The van der Waals surface area contributed by atoms with E-state index in [1.807, 2.05) is 0 Å². The Morgan fingerprint density at radius 1 is 0.724 bits per heavy atom. The minimum Gasteiger partial charge on any atom is -0.0628 e. The normalized spacial score (nSPS) is 14.6. The molecular weight excluding hydrogens is 348 g/mol. The van der Waals surface area contributed by atoms with E-state index >= 15 is 0 Å². The summed E-state index contributed by atoms with van der Waals surface area (Å²) in [4.78, 5) is 0. The van der Waals surface area contributed by atoms with Gasteiger partial charge in [0.15, 0.2) is 0 Å². The largest absolute Gasteiger partial charge is 0.0628 e. The van der Waals surface area contributed by atoms with Crippen molar-refractivity contribution < 1.29 is 0 Å². The summed E-state index contributed by atoms with van der Waals surface area (Å²) in [5, 5.41) is 2.95. The summed E-state index contributed by atoms with van der Waals surface area (Å²) < 4.78 is 0. The maximum Gasteiger partial charge on any atom is 0.0215 e. The number of hydrogen-bond donors (Lipinski definition) is 0. The molecular formula is C29H36. The van der Waals surface area contributed by atoms with Gasteiger partial charge in [-0.1, -0.05) is 81.8 Å². The Balaban J connectivity index is 2.08. The molecule has 0 saturated heterocycles. The zero-order chi connectivity index (χ0) is 20.8. The first-order valence-electron chi connectivity index (χ1n) is 11.5. The lowest BCUT2D eigenvalue weighted by Gasteiger charge is -2.42. The van der Waals surface area contributed by atoms with Crippen molar-refractivity contribution >= 4 is 10.8 Å². The molecule has 0 aromatic heterocycles. The molecule has 29 heavy (non-hydrogen) atoms. The van der Waals surface area contributed by atoms with Crippen LogP contribution in [0.5, 0.6) is 0 Å². The van der Waals surface area contributed by atoms with Crippen molar-refractivity contribution in [2.45, 2.75) is 72.6 Å².